The van der Waals surface area contributed by atoms with Crippen LogP contribution in [0.2, 0.25) is 0 Å². The van der Waals surface area contributed by atoms with Gasteiger partial charge in [0.25, 0.3) is 11.8 Å². The van der Waals surface area contributed by atoms with Gasteiger partial charge in [0.2, 0.25) is 0 Å². The molecule has 0 unspecified atom stereocenters. The minimum atomic E-state index is -0.605. The van der Waals surface area contributed by atoms with Crippen molar-refractivity contribution < 1.29 is 26.1 Å². The smallest absolute Gasteiger partial charge is 0.657 e. The molecule has 250 valence electrons. The standard InChI is InChI=1S/C44H29N5O2.Ni/c50-43-41-39(29-17-9-3-10-18-29)35-25-23-33(46-35)37(27-13-5-1-6-14-27)31-21-22-32(45-31)38(28-15-7-2-8-16-28)34-24-26-36(47-34)40(30-19-11-4-12-20-30)42(48-41)44(51)49-43;/h1-26H,(H3,45,46,47,48,49,50,51);/q;+2/p-2. The molecule has 7 nitrogen and oxygen atoms in total. The number of hydrogen-bond acceptors (Lipinski definition) is 4. The summed E-state index contributed by atoms with van der Waals surface area (Å²) in [7, 11) is 0. The van der Waals surface area contributed by atoms with E-state index < -0.39 is 11.8 Å². The third-order valence-corrected chi connectivity index (χ3v) is 9.06. The topological polar surface area (TPSA) is 100 Å². The molecule has 3 aromatic heterocycles. The number of amides is 2. The van der Waals surface area contributed by atoms with Crippen molar-refractivity contribution in [3.63, 3.8) is 0 Å². The van der Waals surface area contributed by atoms with Gasteiger partial charge in [-0.3, -0.25) is 14.9 Å². The predicted octanol–water partition coefficient (Wildman–Crippen LogP) is 8.98. The van der Waals surface area contributed by atoms with Gasteiger partial charge in [-0.05, 0) is 56.7 Å². The van der Waals surface area contributed by atoms with E-state index in [0.29, 0.717) is 33.2 Å². The monoisotopic (exact) mass is 715 g/mol. The number of hydrogen-bond donors (Lipinski definition) is 1. The Balaban J connectivity index is 0.00000387. The van der Waals surface area contributed by atoms with Crippen molar-refractivity contribution in [2.75, 3.05) is 0 Å². The van der Waals surface area contributed by atoms with Crippen molar-refractivity contribution in [3.05, 3.63) is 168 Å². The van der Waals surface area contributed by atoms with Crippen molar-refractivity contribution in [1.29, 1.82) is 0 Å². The Morgan fingerprint density at radius 2 is 0.692 bits per heavy atom. The summed E-state index contributed by atoms with van der Waals surface area (Å²) in [6, 6.07) is 46.8. The van der Waals surface area contributed by atoms with Crippen molar-refractivity contribution in [2.45, 2.75) is 0 Å². The number of carbonyl (C=O) groups is 2. The molecule has 8 bridgehead atoms. The van der Waals surface area contributed by atoms with E-state index in [1.165, 1.54) is 0 Å². The summed E-state index contributed by atoms with van der Waals surface area (Å²) >= 11 is 0. The summed E-state index contributed by atoms with van der Waals surface area (Å²) in [5.74, 6) is -1.21. The first-order valence-electron chi connectivity index (χ1n) is 16.6. The average molecular weight is 716 g/mol. The number of nitrogens with zero attached hydrogens (tertiary/aromatic N) is 4. The van der Waals surface area contributed by atoms with Gasteiger partial charge in [-0.2, -0.15) is 0 Å². The molecule has 0 atom stereocenters. The van der Waals surface area contributed by atoms with Crippen LogP contribution in [0.4, 0.5) is 0 Å². The van der Waals surface area contributed by atoms with Crippen LogP contribution in [0, 0.1) is 0 Å². The quantitative estimate of drug-likeness (QED) is 0.144. The summed E-state index contributed by atoms with van der Waals surface area (Å²) in [6.45, 7) is 0. The van der Waals surface area contributed by atoms with Gasteiger partial charge in [0.15, 0.2) is 0 Å². The van der Waals surface area contributed by atoms with E-state index in [2.05, 4.69) is 5.32 Å². The number of benzene rings is 4. The molecular formula is C44H27N5NiO2. The van der Waals surface area contributed by atoms with Gasteiger partial charge >= 0.3 is 16.5 Å². The summed E-state index contributed by atoms with van der Waals surface area (Å²) in [5.41, 5.74) is 10.2. The fraction of sp³-hybridized carbons (Fsp3) is 0. The van der Waals surface area contributed by atoms with Gasteiger partial charge < -0.3 is 9.97 Å². The van der Waals surface area contributed by atoms with Crippen LogP contribution in [0.25, 0.3) is 78.7 Å². The van der Waals surface area contributed by atoms with Crippen LogP contribution in [0.5, 0.6) is 0 Å². The summed E-state index contributed by atoms with van der Waals surface area (Å²) in [4.78, 5) is 48.1. The fourth-order valence-electron chi connectivity index (χ4n) is 6.78. The largest absolute Gasteiger partial charge is 2.00 e. The number of rotatable bonds is 4. The Morgan fingerprint density at radius 3 is 1.04 bits per heavy atom. The van der Waals surface area contributed by atoms with Crippen molar-refractivity contribution >= 4 is 46.0 Å². The zero-order valence-corrected chi connectivity index (χ0v) is 28.4. The predicted molar refractivity (Wildman–Crippen MR) is 201 cm³/mol. The van der Waals surface area contributed by atoms with Gasteiger partial charge in [0.1, 0.15) is 11.4 Å². The second kappa shape index (κ2) is 13.6. The molecule has 9 rings (SSSR count). The third kappa shape index (κ3) is 5.75. The normalized spacial score (nSPS) is 12.2. The van der Waals surface area contributed by atoms with Crippen LogP contribution >= 0.6 is 0 Å². The van der Waals surface area contributed by atoms with Crippen LogP contribution < -0.4 is 15.3 Å². The molecule has 0 spiro atoms. The second-order valence-corrected chi connectivity index (χ2v) is 12.2. The Bertz CT molecular complexity index is 2500. The first kappa shape index (κ1) is 32.6. The molecule has 1 N–H and O–H groups in total. The third-order valence-electron chi connectivity index (χ3n) is 9.06. The number of carbonyl (C=O) groups excluding carboxylic acids is 2. The van der Waals surface area contributed by atoms with Gasteiger partial charge in [0, 0.05) is 0 Å². The summed E-state index contributed by atoms with van der Waals surface area (Å²) in [5, 5.41) is 2.59. The van der Waals surface area contributed by atoms with Crippen molar-refractivity contribution in [2.24, 2.45) is 0 Å². The van der Waals surface area contributed by atoms with Gasteiger partial charge in [-0.25, -0.2) is 9.97 Å². The minimum Gasteiger partial charge on any atom is -0.657 e. The number of aromatic nitrogens is 4. The molecular weight excluding hydrogens is 689 g/mol. The van der Waals surface area contributed by atoms with E-state index in [9.17, 15) is 9.59 Å². The first-order chi connectivity index (χ1) is 25.1. The van der Waals surface area contributed by atoms with E-state index in [1.54, 1.807) is 0 Å². The van der Waals surface area contributed by atoms with E-state index in [0.717, 1.165) is 44.8 Å². The van der Waals surface area contributed by atoms with Crippen LogP contribution in [0.15, 0.2) is 146 Å². The zero-order valence-electron chi connectivity index (χ0n) is 27.4. The molecule has 0 radical (unpaired) electrons. The molecule has 0 saturated heterocycles. The molecule has 2 amide bonds. The molecule has 52 heavy (non-hydrogen) atoms. The number of nitrogens with one attached hydrogen (secondary N) is 1. The van der Waals surface area contributed by atoms with E-state index in [-0.39, 0.29) is 27.9 Å². The maximum absolute atomic E-state index is 13.8. The van der Waals surface area contributed by atoms with Gasteiger partial charge in [-0.1, -0.05) is 146 Å². The van der Waals surface area contributed by atoms with Gasteiger partial charge in [-0.15, -0.1) is 22.1 Å². The molecule has 2 aliphatic rings. The SMILES string of the molecule is O=C1NC(=O)c2nc1c(-c1ccccc1)c1ccc([n-]1)c(-c1ccccc1)c1nc(c(-c3ccccc3)c3ccc([n-]3)c2-c2ccccc2)C=C1.[Ni+2]. The maximum Gasteiger partial charge on any atom is 2.00 e. The molecule has 8 heteroatoms. The zero-order chi connectivity index (χ0) is 34.3. The number of imide groups is 1. The number of fused-ring (bicyclic) bond motifs is 8. The summed E-state index contributed by atoms with van der Waals surface area (Å²) in [6.07, 6.45) is 4.03. The molecule has 7 aromatic rings. The molecule has 0 saturated carbocycles. The molecule has 4 aromatic carbocycles. The Hall–Kier alpha value is -6.63. The minimum absolute atomic E-state index is 0. The van der Waals surface area contributed by atoms with E-state index >= 15 is 0 Å². The van der Waals surface area contributed by atoms with Gasteiger partial charge in [0.05, 0.1) is 11.4 Å². The Labute approximate surface area is 309 Å². The van der Waals surface area contributed by atoms with Crippen molar-refractivity contribution in [3.8, 4) is 44.5 Å². The van der Waals surface area contributed by atoms with E-state index in [1.807, 2.05) is 158 Å². The average Bonchev–Trinajstić information content (AvgIpc) is 3.96. The molecule has 5 heterocycles. The maximum atomic E-state index is 13.8. The Morgan fingerprint density at radius 1 is 0.385 bits per heavy atom. The van der Waals surface area contributed by atoms with E-state index in [4.69, 9.17) is 19.9 Å². The molecule has 2 aliphatic heterocycles. The second-order valence-electron chi connectivity index (χ2n) is 12.2. The summed E-state index contributed by atoms with van der Waals surface area (Å²) < 4.78 is 0. The first-order valence-corrected chi connectivity index (χ1v) is 16.6. The van der Waals surface area contributed by atoms with Crippen molar-refractivity contribution in [1.82, 2.24) is 25.3 Å². The van der Waals surface area contributed by atoms with Crippen LogP contribution in [0.1, 0.15) is 32.4 Å². The molecule has 0 fully saturated rings. The van der Waals surface area contributed by atoms with Crippen LogP contribution in [-0.4, -0.2) is 21.8 Å². The van der Waals surface area contributed by atoms with Crippen LogP contribution in [-0.2, 0) is 16.5 Å². The van der Waals surface area contributed by atoms with Crippen LogP contribution in [0.3, 0.4) is 0 Å². The molecule has 0 aliphatic carbocycles. The fourth-order valence-corrected chi connectivity index (χ4v) is 6.78. The Kier molecular flexibility index (Phi) is 8.51.